The molecular formula is C18H22N2O4. The lowest BCUT2D eigenvalue weighted by atomic mass is 10.0. The Bertz CT molecular complexity index is 653. The first-order chi connectivity index (χ1) is 11.8. The van der Waals surface area contributed by atoms with Crippen LogP contribution in [-0.4, -0.2) is 42.6 Å². The normalized spacial score (nSPS) is 27.1. The van der Waals surface area contributed by atoms with Gasteiger partial charge >= 0.3 is 0 Å². The van der Waals surface area contributed by atoms with E-state index in [-0.39, 0.29) is 12.0 Å². The van der Waals surface area contributed by atoms with Gasteiger partial charge in [0.05, 0.1) is 31.8 Å². The van der Waals surface area contributed by atoms with Crippen LogP contribution in [0.15, 0.2) is 45.6 Å². The van der Waals surface area contributed by atoms with Gasteiger partial charge in [0.1, 0.15) is 5.76 Å². The number of hydrogen-bond donors (Lipinski definition) is 1. The van der Waals surface area contributed by atoms with Gasteiger partial charge in [-0.25, -0.2) is 0 Å². The van der Waals surface area contributed by atoms with Crippen molar-refractivity contribution in [3.05, 3.63) is 48.3 Å². The zero-order valence-electron chi connectivity index (χ0n) is 13.5. The largest absolute Gasteiger partial charge is 0.468 e. The van der Waals surface area contributed by atoms with Crippen molar-refractivity contribution in [3.63, 3.8) is 0 Å². The molecular weight excluding hydrogens is 308 g/mol. The van der Waals surface area contributed by atoms with Crippen molar-refractivity contribution in [2.45, 2.75) is 31.5 Å². The van der Waals surface area contributed by atoms with Crippen LogP contribution in [0.5, 0.6) is 0 Å². The molecule has 0 bridgehead atoms. The summed E-state index contributed by atoms with van der Waals surface area (Å²) in [6, 6.07) is 7.73. The molecule has 1 aliphatic heterocycles. The second-order valence-electron chi connectivity index (χ2n) is 6.48. The van der Waals surface area contributed by atoms with Crippen LogP contribution >= 0.6 is 0 Å². The Balaban J connectivity index is 1.35. The molecule has 0 radical (unpaired) electrons. The molecule has 3 atom stereocenters. The summed E-state index contributed by atoms with van der Waals surface area (Å²) >= 11 is 0. The fourth-order valence-electron chi connectivity index (χ4n) is 3.87. The van der Waals surface area contributed by atoms with Gasteiger partial charge in [0, 0.05) is 25.0 Å². The number of furan rings is 2. The molecule has 1 aliphatic carbocycles. The molecule has 1 N–H and O–H groups in total. The van der Waals surface area contributed by atoms with Crippen LogP contribution in [0.2, 0.25) is 0 Å². The molecule has 2 fully saturated rings. The van der Waals surface area contributed by atoms with Gasteiger partial charge in [0.2, 0.25) is 0 Å². The maximum Gasteiger partial charge on any atom is 0.286 e. The van der Waals surface area contributed by atoms with E-state index in [4.69, 9.17) is 13.6 Å². The topological polar surface area (TPSA) is 67.8 Å². The van der Waals surface area contributed by atoms with Crippen LogP contribution < -0.4 is 5.32 Å². The molecule has 1 amide bonds. The summed E-state index contributed by atoms with van der Waals surface area (Å²) in [6.07, 6.45) is 5.55. The highest BCUT2D eigenvalue weighted by atomic mass is 16.5. The standard InChI is InChI=1S/C18H22N2O4/c21-18(16-4-2-9-23-16)19-11-13-5-6-15-17(13)24-10-7-20(15)12-14-3-1-8-22-14/h1-4,8-9,13,15,17H,5-7,10-12H2,(H,19,21)/t13-,15-,17+/m0/s1. The van der Waals surface area contributed by atoms with Crippen LogP contribution in [0.3, 0.4) is 0 Å². The number of rotatable bonds is 5. The molecule has 0 unspecified atom stereocenters. The van der Waals surface area contributed by atoms with E-state index in [2.05, 4.69) is 10.2 Å². The van der Waals surface area contributed by atoms with Gasteiger partial charge in [0.15, 0.2) is 5.76 Å². The Hall–Kier alpha value is -2.05. The highest BCUT2D eigenvalue weighted by Gasteiger charge is 2.42. The molecule has 4 rings (SSSR count). The first-order valence-corrected chi connectivity index (χ1v) is 8.51. The minimum absolute atomic E-state index is 0.160. The number of fused-ring (bicyclic) bond motifs is 1. The molecule has 6 nitrogen and oxygen atoms in total. The Morgan fingerprint density at radius 2 is 2.08 bits per heavy atom. The average Bonchev–Trinajstić information content (AvgIpc) is 3.34. The van der Waals surface area contributed by atoms with Crippen molar-refractivity contribution in [1.29, 1.82) is 0 Å². The Morgan fingerprint density at radius 1 is 1.21 bits per heavy atom. The van der Waals surface area contributed by atoms with E-state index >= 15 is 0 Å². The van der Waals surface area contributed by atoms with E-state index in [1.54, 1.807) is 18.4 Å². The zero-order chi connectivity index (χ0) is 16.4. The number of nitrogens with one attached hydrogen (secondary N) is 1. The first-order valence-electron chi connectivity index (χ1n) is 8.51. The summed E-state index contributed by atoms with van der Waals surface area (Å²) in [7, 11) is 0. The second-order valence-corrected chi connectivity index (χ2v) is 6.48. The molecule has 0 spiro atoms. The van der Waals surface area contributed by atoms with E-state index in [1.165, 1.54) is 6.26 Å². The van der Waals surface area contributed by atoms with Gasteiger partial charge in [0.25, 0.3) is 5.91 Å². The number of amides is 1. The predicted octanol–water partition coefficient (Wildman–Crippen LogP) is 2.28. The summed E-state index contributed by atoms with van der Waals surface area (Å²) in [6.45, 7) is 3.09. The second kappa shape index (κ2) is 6.83. The quantitative estimate of drug-likeness (QED) is 0.911. The lowest BCUT2D eigenvalue weighted by molar-refractivity contribution is -0.0773. The molecule has 0 aromatic carbocycles. The molecule has 1 saturated heterocycles. The molecule has 2 aromatic rings. The van der Waals surface area contributed by atoms with Crippen LogP contribution in [-0.2, 0) is 11.3 Å². The number of carbonyl (C=O) groups excluding carboxylic acids is 1. The van der Waals surface area contributed by atoms with Crippen molar-refractivity contribution >= 4 is 5.91 Å². The fourth-order valence-corrected chi connectivity index (χ4v) is 3.87. The fraction of sp³-hybridized carbons (Fsp3) is 0.500. The van der Waals surface area contributed by atoms with Crippen LogP contribution in [0.25, 0.3) is 0 Å². The van der Waals surface area contributed by atoms with E-state index < -0.39 is 0 Å². The molecule has 24 heavy (non-hydrogen) atoms. The number of morpholine rings is 1. The van der Waals surface area contributed by atoms with Gasteiger partial charge in [-0.2, -0.15) is 0 Å². The maximum absolute atomic E-state index is 12.0. The SMILES string of the molecule is O=C(NC[C@@H]1CC[C@H]2[C@@H]1OCCN2Cc1ccco1)c1ccco1. The minimum atomic E-state index is -0.160. The number of carbonyl (C=O) groups is 1. The van der Waals surface area contributed by atoms with Crippen molar-refractivity contribution in [1.82, 2.24) is 10.2 Å². The van der Waals surface area contributed by atoms with Gasteiger partial charge in [-0.3, -0.25) is 9.69 Å². The van der Waals surface area contributed by atoms with Crippen molar-refractivity contribution in [2.75, 3.05) is 19.7 Å². The summed E-state index contributed by atoms with van der Waals surface area (Å²) in [5, 5.41) is 2.97. The Kier molecular flexibility index (Phi) is 4.40. The summed E-state index contributed by atoms with van der Waals surface area (Å²) < 4.78 is 16.7. The number of ether oxygens (including phenoxy) is 1. The highest BCUT2D eigenvalue weighted by Crippen LogP contribution is 2.35. The van der Waals surface area contributed by atoms with Gasteiger partial charge < -0.3 is 18.9 Å². The lowest BCUT2D eigenvalue weighted by Gasteiger charge is -2.38. The maximum atomic E-state index is 12.0. The first kappa shape index (κ1) is 15.5. The summed E-state index contributed by atoms with van der Waals surface area (Å²) in [5.41, 5.74) is 0. The number of hydrogen-bond acceptors (Lipinski definition) is 5. The van der Waals surface area contributed by atoms with E-state index in [1.807, 2.05) is 12.1 Å². The van der Waals surface area contributed by atoms with Gasteiger partial charge in [-0.05, 0) is 37.1 Å². The summed E-state index contributed by atoms with van der Waals surface area (Å²) in [5.74, 6) is 1.53. The van der Waals surface area contributed by atoms with Gasteiger partial charge in [-0.1, -0.05) is 0 Å². The third kappa shape index (κ3) is 3.12. The van der Waals surface area contributed by atoms with Crippen LogP contribution in [0, 0.1) is 5.92 Å². The molecule has 128 valence electrons. The molecule has 1 saturated carbocycles. The third-order valence-electron chi connectivity index (χ3n) is 5.04. The smallest absolute Gasteiger partial charge is 0.286 e. The van der Waals surface area contributed by atoms with E-state index in [0.717, 1.165) is 38.3 Å². The van der Waals surface area contributed by atoms with Gasteiger partial charge in [-0.15, -0.1) is 0 Å². The zero-order valence-corrected chi connectivity index (χ0v) is 13.5. The van der Waals surface area contributed by atoms with E-state index in [9.17, 15) is 4.79 Å². The van der Waals surface area contributed by atoms with Crippen LogP contribution in [0.1, 0.15) is 29.2 Å². The van der Waals surface area contributed by atoms with Crippen LogP contribution in [0.4, 0.5) is 0 Å². The van der Waals surface area contributed by atoms with Crippen molar-refractivity contribution in [3.8, 4) is 0 Å². The Morgan fingerprint density at radius 3 is 2.88 bits per heavy atom. The van der Waals surface area contributed by atoms with Crippen molar-refractivity contribution in [2.24, 2.45) is 5.92 Å². The monoisotopic (exact) mass is 330 g/mol. The molecule has 2 aromatic heterocycles. The minimum Gasteiger partial charge on any atom is -0.468 e. The number of nitrogens with zero attached hydrogens (tertiary/aromatic N) is 1. The molecule has 3 heterocycles. The van der Waals surface area contributed by atoms with Crippen molar-refractivity contribution < 1.29 is 18.4 Å². The molecule has 2 aliphatic rings. The Labute approximate surface area is 140 Å². The predicted molar refractivity (Wildman–Crippen MR) is 86.4 cm³/mol. The summed E-state index contributed by atoms with van der Waals surface area (Å²) in [4.78, 5) is 14.5. The third-order valence-corrected chi connectivity index (χ3v) is 5.04. The molecule has 6 heteroatoms. The highest BCUT2D eigenvalue weighted by molar-refractivity contribution is 5.91. The average molecular weight is 330 g/mol. The van der Waals surface area contributed by atoms with E-state index in [0.29, 0.717) is 24.3 Å². The lowest BCUT2D eigenvalue weighted by Crippen LogP contribution is -2.50.